The number of amides is 3. The van der Waals surface area contributed by atoms with Crippen LogP contribution in [0.1, 0.15) is 34.3 Å². The maximum absolute atomic E-state index is 13.0. The van der Waals surface area contributed by atoms with E-state index >= 15 is 0 Å². The van der Waals surface area contributed by atoms with Gasteiger partial charge in [-0.1, -0.05) is 12.1 Å². The molecule has 1 aromatic heterocycles. The van der Waals surface area contributed by atoms with Crippen molar-refractivity contribution in [3.63, 3.8) is 0 Å². The summed E-state index contributed by atoms with van der Waals surface area (Å²) in [5.74, 6) is 0.529. The summed E-state index contributed by atoms with van der Waals surface area (Å²) >= 11 is 0. The summed E-state index contributed by atoms with van der Waals surface area (Å²) in [4.78, 5) is 46.8. The monoisotopic (exact) mass is 431 g/mol. The van der Waals surface area contributed by atoms with Gasteiger partial charge in [0.25, 0.3) is 5.91 Å². The number of hydrogen-bond donors (Lipinski definition) is 2. The number of carbonyl (C=O) groups is 3. The highest BCUT2D eigenvalue weighted by atomic mass is 16.5. The van der Waals surface area contributed by atoms with Gasteiger partial charge in [-0.25, -0.2) is 9.97 Å². The average Bonchev–Trinajstić information content (AvgIpc) is 3.13. The average molecular weight is 431 g/mol. The number of ether oxygens (including phenoxy) is 1. The second kappa shape index (κ2) is 7.92. The zero-order chi connectivity index (χ0) is 22.2. The molecule has 32 heavy (non-hydrogen) atoms. The first kappa shape index (κ1) is 19.9. The van der Waals surface area contributed by atoms with Gasteiger partial charge >= 0.3 is 0 Å². The third kappa shape index (κ3) is 3.51. The van der Waals surface area contributed by atoms with Crippen molar-refractivity contribution in [3.05, 3.63) is 59.4 Å². The summed E-state index contributed by atoms with van der Waals surface area (Å²) in [7, 11) is 1.61. The highest BCUT2D eigenvalue weighted by Crippen LogP contribution is 2.29. The molecule has 5 rings (SSSR count). The normalized spacial score (nSPS) is 18.0. The highest BCUT2D eigenvalue weighted by Gasteiger charge is 2.39. The van der Waals surface area contributed by atoms with Crippen molar-refractivity contribution in [2.24, 2.45) is 0 Å². The topological polar surface area (TPSA) is 114 Å². The second-order valence-electron chi connectivity index (χ2n) is 7.85. The number of anilines is 1. The summed E-state index contributed by atoms with van der Waals surface area (Å²) in [6.45, 7) is 0.837. The Balaban J connectivity index is 1.33. The molecule has 1 fully saturated rings. The van der Waals surface area contributed by atoms with Crippen LogP contribution in [0, 0.1) is 0 Å². The quantitative estimate of drug-likeness (QED) is 0.594. The number of imide groups is 1. The Kier molecular flexibility index (Phi) is 4.93. The van der Waals surface area contributed by atoms with Crippen LogP contribution in [0.2, 0.25) is 0 Å². The van der Waals surface area contributed by atoms with Gasteiger partial charge in [0.2, 0.25) is 11.8 Å². The Labute approximate surface area is 183 Å². The predicted molar refractivity (Wildman–Crippen MR) is 116 cm³/mol. The van der Waals surface area contributed by atoms with Crippen LogP contribution in [0.4, 0.5) is 5.82 Å². The first-order valence-corrected chi connectivity index (χ1v) is 10.3. The minimum atomic E-state index is -0.612. The lowest BCUT2D eigenvalue weighted by molar-refractivity contribution is -0.136. The molecular weight excluding hydrogens is 410 g/mol. The standard InChI is InChI=1S/C23H21N5O4/c1-32-15-4-5-16-18(9-15)25-12-26-21(16)24-10-13-2-3-14-11-28(23(31)17(14)8-13)19-6-7-20(29)27-22(19)30/h2-5,8-9,12,19H,6-7,10-11H2,1H3,(H,24,25,26)(H,27,29,30). The second-order valence-corrected chi connectivity index (χ2v) is 7.85. The number of carbonyl (C=O) groups excluding carboxylic acids is 3. The number of methoxy groups -OCH3 is 1. The maximum atomic E-state index is 13.0. The number of piperidine rings is 1. The van der Waals surface area contributed by atoms with E-state index in [-0.39, 0.29) is 18.2 Å². The summed E-state index contributed by atoms with van der Waals surface area (Å²) in [5.41, 5.74) is 3.16. The number of rotatable bonds is 5. The lowest BCUT2D eigenvalue weighted by Crippen LogP contribution is -2.52. The van der Waals surface area contributed by atoms with Gasteiger partial charge < -0.3 is 15.0 Å². The molecule has 3 amide bonds. The van der Waals surface area contributed by atoms with Gasteiger partial charge in [-0.15, -0.1) is 0 Å². The van der Waals surface area contributed by atoms with E-state index in [1.54, 1.807) is 12.0 Å². The number of nitrogens with zero attached hydrogens (tertiary/aromatic N) is 3. The van der Waals surface area contributed by atoms with Gasteiger partial charge in [0, 0.05) is 36.5 Å². The summed E-state index contributed by atoms with van der Waals surface area (Å²) in [6.07, 6.45) is 2.09. The zero-order valence-corrected chi connectivity index (χ0v) is 17.4. The minimum Gasteiger partial charge on any atom is -0.497 e. The number of fused-ring (bicyclic) bond motifs is 2. The summed E-state index contributed by atoms with van der Waals surface area (Å²) in [5, 5.41) is 6.51. The van der Waals surface area contributed by atoms with Crippen molar-refractivity contribution in [1.82, 2.24) is 20.2 Å². The molecule has 0 saturated carbocycles. The van der Waals surface area contributed by atoms with Crippen molar-refractivity contribution in [2.75, 3.05) is 12.4 Å². The molecule has 0 radical (unpaired) electrons. The van der Waals surface area contributed by atoms with Crippen LogP contribution in [0.25, 0.3) is 10.9 Å². The summed E-state index contributed by atoms with van der Waals surface area (Å²) in [6, 6.07) is 10.7. The van der Waals surface area contributed by atoms with Crippen molar-refractivity contribution in [1.29, 1.82) is 0 Å². The van der Waals surface area contributed by atoms with E-state index in [0.717, 1.165) is 27.8 Å². The van der Waals surface area contributed by atoms with Crippen LogP contribution in [-0.2, 0) is 22.7 Å². The molecule has 0 aliphatic carbocycles. The maximum Gasteiger partial charge on any atom is 0.255 e. The number of nitrogens with one attached hydrogen (secondary N) is 2. The lowest BCUT2D eigenvalue weighted by Gasteiger charge is -2.29. The third-order valence-corrected chi connectivity index (χ3v) is 5.90. The van der Waals surface area contributed by atoms with E-state index in [9.17, 15) is 14.4 Å². The van der Waals surface area contributed by atoms with E-state index in [4.69, 9.17) is 4.74 Å². The van der Waals surface area contributed by atoms with E-state index in [0.29, 0.717) is 30.9 Å². The number of hydrogen-bond acceptors (Lipinski definition) is 7. The smallest absolute Gasteiger partial charge is 0.255 e. The largest absolute Gasteiger partial charge is 0.497 e. The van der Waals surface area contributed by atoms with Crippen LogP contribution in [0.3, 0.4) is 0 Å². The molecule has 9 heteroatoms. The fourth-order valence-electron chi connectivity index (χ4n) is 4.20. The molecule has 0 bridgehead atoms. The Hall–Kier alpha value is -4.01. The Morgan fingerprint density at radius 3 is 2.84 bits per heavy atom. The van der Waals surface area contributed by atoms with Gasteiger partial charge in [0.05, 0.1) is 12.6 Å². The van der Waals surface area contributed by atoms with E-state index in [1.807, 2.05) is 36.4 Å². The molecular formula is C23H21N5O4. The fraction of sp³-hybridized carbons (Fsp3) is 0.261. The molecule has 3 aromatic rings. The highest BCUT2D eigenvalue weighted by molar-refractivity contribution is 6.05. The molecule has 1 atom stereocenters. The molecule has 2 aliphatic rings. The molecule has 1 unspecified atom stereocenters. The van der Waals surface area contributed by atoms with E-state index in [2.05, 4.69) is 20.6 Å². The number of benzene rings is 2. The Morgan fingerprint density at radius 2 is 2.03 bits per heavy atom. The molecule has 3 heterocycles. The van der Waals surface area contributed by atoms with E-state index < -0.39 is 11.9 Å². The van der Waals surface area contributed by atoms with Gasteiger partial charge in [-0.2, -0.15) is 0 Å². The van der Waals surface area contributed by atoms with Gasteiger partial charge in [-0.05, 0) is 35.7 Å². The van der Waals surface area contributed by atoms with Crippen LogP contribution < -0.4 is 15.4 Å². The molecule has 1 saturated heterocycles. The zero-order valence-electron chi connectivity index (χ0n) is 17.4. The van der Waals surface area contributed by atoms with Crippen LogP contribution in [-0.4, -0.2) is 45.7 Å². The van der Waals surface area contributed by atoms with Crippen LogP contribution in [0.5, 0.6) is 5.75 Å². The SMILES string of the molecule is COc1ccc2c(NCc3ccc4c(c3)C(=O)N(C3CCC(=O)NC3=O)C4)ncnc2c1. The molecule has 2 aromatic carbocycles. The first-order chi connectivity index (χ1) is 15.5. The first-order valence-electron chi connectivity index (χ1n) is 10.3. The third-order valence-electron chi connectivity index (χ3n) is 5.90. The summed E-state index contributed by atoms with van der Waals surface area (Å²) < 4.78 is 5.25. The van der Waals surface area contributed by atoms with Crippen molar-refractivity contribution < 1.29 is 19.1 Å². The van der Waals surface area contributed by atoms with Crippen molar-refractivity contribution in [3.8, 4) is 5.75 Å². The minimum absolute atomic E-state index is 0.184. The molecule has 2 aliphatic heterocycles. The van der Waals surface area contributed by atoms with E-state index in [1.165, 1.54) is 6.33 Å². The van der Waals surface area contributed by atoms with Gasteiger partial charge in [0.1, 0.15) is 23.9 Å². The number of aromatic nitrogens is 2. The van der Waals surface area contributed by atoms with Crippen LogP contribution in [0.15, 0.2) is 42.7 Å². The van der Waals surface area contributed by atoms with Crippen LogP contribution >= 0.6 is 0 Å². The lowest BCUT2D eigenvalue weighted by atomic mass is 10.0. The Morgan fingerprint density at radius 1 is 1.16 bits per heavy atom. The Bertz CT molecular complexity index is 1260. The van der Waals surface area contributed by atoms with Gasteiger partial charge in [-0.3, -0.25) is 19.7 Å². The van der Waals surface area contributed by atoms with Crippen molar-refractivity contribution >= 4 is 34.4 Å². The fourth-order valence-corrected chi connectivity index (χ4v) is 4.20. The molecule has 0 spiro atoms. The predicted octanol–water partition coefficient (Wildman–Crippen LogP) is 2.01. The molecule has 162 valence electrons. The van der Waals surface area contributed by atoms with Gasteiger partial charge in [0.15, 0.2) is 0 Å². The van der Waals surface area contributed by atoms with Crippen molar-refractivity contribution in [2.45, 2.75) is 32.0 Å². The molecule has 9 nitrogen and oxygen atoms in total. The molecule has 2 N–H and O–H groups in total.